The number of carbonyl (C=O) groups is 1. The molecule has 0 heterocycles. The molecule has 1 rings (SSSR count). The van der Waals surface area contributed by atoms with Gasteiger partial charge in [-0.3, -0.25) is 0 Å². The predicted molar refractivity (Wildman–Crippen MR) is 72.5 cm³/mol. The highest BCUT2D eigenvalue weighted by molar-refractivity contribution is 5.74. The van der Waals surface area contributed by atoms with E-state index in [4.69, 9.17) is 4.74 Å². The van der Waals surface area contributed by atoms with Gasteiger partial charge in [-0.15, -0.1) is 0 Å². The van der Waals surface area contributed by atoms with Crippen molar-refractivity contribution >= 4 is 6.03 Å². The van der Waals surface area contributed by atoms with Crippen molar-refractivity contribution < 1.29 is 9.53 Å². The van der Waals surface area contributed by atoms with Crippen LogP contribution < -0.4 is 10.6 Å². The third-order valence-corrected chi connectivity index (χ3v) is 2.60. The SMILES string of the molecule is CCOCCCNC(=O)NC(C)c1ccccc1. The average molecular weight is 250 g/mol. The van der Waals surface area contributed by atoms with E-state index in [0.717, 1.165) is 18.6 Å². The predicted octanol–water partition coefficient (Wildman–Crippen LogP) is 2.47. The maximum atomic E-state index is 11.6. The Kier molecular flexibility index (Phi) is 6.87. The summed E-state index contributed by atoms with van der Waals surface area (Å²) in [4.78, 5) is 11.6. The van der Waals surface area contributed by atoms with Gasteiger partial charge in [-0.25, -0.2) is 4.79 Å². The van der Waals surface area contributed by atoms with Crippen molar-refractivity contribution in [2.45, 2.75) is 26.3 Å². The molecule has 1 aromatic carbocycles. The zero-order valence-corrected chi connectivity index (χ0v) is 11.1. The highest BCUT2D eigenvalue weighted by Crippen LogP contribution is 2.10. The van der Waals surface area contributed by atoms with E-state index in [1.54, 1.807) is 0 Å². The third kappa shape index (κ3) is 5.68. The molecule has 0 saturated carbocycles. The molecule has 2 N–H and O–H groups in total. The zero-order chi connectivity index (χ0) is 13.2. The van der Waals surface area contributed by atoms with Gasteiger partial charge >= 0.3 is 6.03 Å². The zero-order valence-electron chi connectivity index (χ0n) is 11.1. The van der Waals surface area contributed by atoms with Crippen LogP contribution in [0, 0.1) is 0 Å². The van der Waals surface area contributed by atoms with Crippen molar-refractivity contribution in [3.63, 3.8) is 0 Å². The monoisotopic (exact) mass is 250 g/mol. The number of hydrogen-bond donors (Lipinski definition) is 2. The molecule has 0 aliphatic carbocycles. The minimum absolute atomic E-state index is 0.0121. The number of carbonyl (C=O) groups excluding carboxylic acids is 1. The minimum atomic E-state index is -0.136. The van der Waals surface area contributed by atoms with Crippen LogP contribution in [-0.4, -0.2) is 25.8 Å². The van der Waals surface area contributed by atoms with Crippen LogP contribution in [0.3, 0.4) is 0 Å². The van der Waals surface area contributed by atoms with Crippen LogP contribution in [0.5, 0.6) is 0 Å². The Labute approximate surface area is 109 Å². The maximum absolute atomic E-state index is 11.6. The molecular formula is C14H22N2O2. The number of benzene rings is 1. The Morgan fingerprint density at radius 1 is 1.33 bits per heavy atom. The lowest BCUT2D eigenvalue weighted by molar-refractivity contribution is 0.145. The van der Waals surface area contributed by atoms with Crippen molar-refractivity contribution in [3.05, 3.63) is 35.9 Å². The molecule has 1 atom stereocenters. The minimum Gasteiger partial charge on any atom is -0.382 e. The summed E-state index contributed by atoms with van der Waals surface area (Å²) in [6.45, 7) is 5.96. The number of nitrogens with one attached hydrogen (secondary N) is 2. The van der Waals surface area contributed by atoms with Crippen LogP contribution in [0.15, 0.2) is 30.3 Å². The van der Waals surface area contributed by atoms with Crippen LogP contribution in [0.4, 0.5) is 4.79 Å². The first-order valence-electron chi connectivity index (χ1n) is 6.41. The molecular weight excluding hydrogens is 228 g/mol. The van der Waals surface area contributed by atoms with Crippen LogP contribution in [0.25, 0.3) is 0 Å². The van der Waals surface area contributed by atoms with E-state index in [1.807, 2.05) is 44.2 Å². The van der Waals surface area contributed by atoms with Gasteiger partial charge in [0.2, 0.25) is 0 Å². The molecule has 0 aliphatic rings. The Balaban J connectivity index is 2.20. The number of urea groups is 1. The molecule has 0 spiro atoms. The van der Waals surface area contributed by atoms with E-state index in [2.05, 4.69) is 10.6 Å². The fraction of sp³-hybridized carbons (Fsp3) is 0.500. The first kappa shape index (κ1) is 14.5. The van der Waals surface area contributed by atoms with Gasteiger partial charge in [0.05, 0.1) is 6.04 Å². The van der Waals surface area contributed by atoms with Crippen LogP contribution >= 0.6 is 0 Å². The van der Waals surface area contributed by atoms with E-state index in [1.165, 1.54) is 0 Å². The molecule has 4 nitrogen and oxygen atoms in total. The van der Waals surface area contributed by atoms with Gasteiger partial charge in [-0.2, -0.15) is 0 Å². The molecule has 0 saturated heterocycles. The Hall–Kier alpha value is -1.55. The fourth-order valence-electron chi connectivity index (χ4n) is 1.59. The van der Waals surface area contributed by atoms with E-state index in [9.17, 15) is 4.79 Å². The molecule has 1 aromatic rings. The second-order valence-electron chi connectivity index (χ2n) is 4.08. The van der Waals surface area contributed by atoms with Crippen LogP contribution in [0.1, 0.15) is 31.9 Å². The van der Waals surface area contributed by atoms with Crippen molar-refractivity contribution in [3.8, 4) is 0 Å². The highest BCUT2D eigenvalue weighted by Gasteiger charge is 2.07. The highest BCUT2D eigenvalue weighted by atomic mass is 16.5. The van der Waals surface area contributed by atoms with Gasteiger partial charge in [-0.05, 0) is 25.8 Å². The number of amides is 2. The van der Waals surface area contributed by atoms with Gasteiger partial charge in [-0.1, -0.05) is 30.3 Å². The molecule has 0 aliphatic heterocycles. The summed E-state index contributed by atoms with van der Waals surface area (Å²) in [7, 11) is 0. The van der Waals surface area contributed by atoms with Gasteiger partial charge in [0.25, 0.3) is 0 Å². The Morgan fingerprint density at radius 2 is 2.06 bits per heavy atom. The molecule has 18 heavy (non-hydrogen) atoms. The van der Waals surface area contributed by atoms with Gasteiger partial charge in [0.1, 0.15) is 0 Å². The first-order valence-corrected chi connectivity index (χ1v) is 6.41. The summed E-state index contributed by atoms with van der Waals surface area (Å²) in [6.07, 6.45) is 0.834. The molecule has 2 amide bonds. The van der Waals surface area contributed by atoms with E-state index >= 15 is 0 Å². The maximum Gasteiger partial charge on any atom is 0.315 e. The van der Waals surface area contributed by atoms with Crippen LogP contribution in [-0.2, 0) is 4.74 Å². The number of rotatable bonds is 7. The van der Waals surface area contributed by atoms with Crippen LogP contribution in [0.2, 0.25) is 0 Å². The number of hydrogen-bond acceptors (Lipinski definition) is 2. The van der Waals surface area contributed by atoms with E-state index in [0.29, 0.717) is 13.2 Å². The Morgan fingerprint density at radius 3 is 2.72 bits per heavy atom. The molecule has 4 heteroatoms. The lowest BCUT2D eigenvalue weighted by atomic mass is 10.1. The molecule has 0 bridgehead atoms. The normalized spacial score (nSPS) is 11.9. The summed E-state index contributed by atoms with van der Waals surface area (Å²) >= 11 is 0. The van der Waals surface area contributed by atoms with Crippen molar-refractivity contribution in [2.75, 3.05) is 19.8 Å². The Bertz CT molecular complexity index is 341. The first-order chi connectivity index (χ1) is 8.74. The smallest absolute Gasteiger partial charge is 0.315 e. The topological polar surface area (TPSA) is 50.4 Å². The quantitative estimate of drug-likeness (QED) is 0.730. The fourth-order valence-corrected chi connectivity index (χ4v) is 1.59. The summed E-state index contributed by atoms with van der Waals surface area (Å²) in [5.74, 6) is 0. The molecule has 100 valence electrons. The third-order valence-electron chi connectivity index (χ3n) is 2.60. The van der Waals surface area contributed by atoms with Crippen molar-refractivity contribution in [1.29, 1.82) is 0 Å². The van der Waals surface area contributed by atoms with E-state index in [-0.39, 0.29) is 12.1 Å². The lowest BCUT2D eigenvalue weighted by Gasteiger charge is -2.14. The van der Waals surface area contributed by atoms with Gasteiger partial charge in [0, 0.05) is 19.8 Å². The lowest BCUT2D eigenvalue weighted by Crippen LogP contribution is -2.37. The molecule has 0 aromatic heterocycles. The second kappa shape index (κ2) is 8.53. The average Bonchev–Trinajstić information content (AvgIpc) is 2.39. The summed E-state index contributed by atoms with van der Waals surface area (Å²) in [5, 5.41) is 5.71. The summed E-state index contributed by atoms with van der Waals surface area (Å²) in [5.41, 5.74) is 1.10. The number of ether oxygens (including phenoxy) is 1. The van der Waals surface area contributed by atoms with Gasteiger partial charge < -0.3 is 15.4 Å². The largest absolute Gasteiger partial charge is 0.382 e. The summed E-state index contributed by atoms with van der Waals surface area (Å²) in [6, 6.07) is 9.77. The van der Waals surface area contributed by atoms with Crippen molar-refractivity contribution in [1.82, 2.24) is 10.6 Å². The standard InChI is InChI=1S/C14H22N2O2/c1-3-18-11-7-10-15-14(17)16-12(2)13-8-5-4-6-9-13/h4-6,8-9,12H,3,7,10-11H2,1-2H3,(H2,15,16,17). The van der Waals surface area contributed by atoms with Crippen molar-refractivity contribution in [2.24, 2.45) is 0 Å². The van der Waals surface area contributed by atoms with Gasteiger partial charge in [0.15, 0.2) is 0 Å². The van der Waals surface area contributed by atoms with E-state index < -0.39 is 0 Å². The molecule has 0 fully saturated rings. The summed E-state index contributed by atoms with van der Waals surface area (Å²) < 4.78 is 5.19. The molecule has 1 unspecified atom stereocenters. The molecule has 0 radical (unpaired) electrons. The second-order valence-corrected chi connectivity index (χ2v) is 4.08.